The molecule has 0 amide bonds. The van der Waals surface area contributed by atoms with Crippen molar-refractivity contribution in [1.82, 2.24) is 9.55 Å². The Morgan fingerprint density at radius 1 is 1.26 bits per heavy atom. The monoisotopic (exact) mass is 319 g/mol. The first-order valence-electron chi connectivity index (χ1n) is 5.75. The molecule has 0 spiro atoms. The van der Waals surface area contributed by atoms with E-state index in [1.165, 1.54) is 6.07 Å². The summed E-state index contributed by atoms with van der Waals surface area (Å²) in [4.78, 5) is 4.30. The maximum atomic E-state index is 13.7. The average Bonchev–Trinajstić information content (AvgIpc) is 2.76. The maximum absolute atomic E-state index is 13.7. The summed E-state index contributed by atoms with van der Waals surface area (Å²) in [6.45, 7) is 1.93. The van der Waals surface area contributed by atoms with E-state index < -0.39 is 0 Å². The van der Waals surface area contributed by atoms with Crippen LogP contribution in [0, 0.1) is 12.7 Å². The van der Waals surface area contributed by atoms with Gasteiger partial charge < -0.3 is 5.73 Å². The van der Waals surface area contributed by atoms with Gasteiger partial charge in [0.2, 0.25) is 0 Å². The van der Waals surface area contributed by atoms with Gasteiger partial charge in [-0.1, -0.05) is 0 Å². The minimum Gasteiger partial charge on any atom is -0.399 e. The van der Waals surface area contributed by atoms with Crippen molar-refractivity contribution in [3.05, 3.63) is 52.5 Å². The summed E-state index contributed by atoms with van der Waals surface area (Å²) in [7, 11) is 0. The van der Waals surface area contributed by atoms with Crippen LogP contribution in [0.3, 0.4) is 0 Å². The van der Waals surface area contributed by atoms with Gasteiger partial charge in [-0.05, 0) is 58.7 Å². The summed E-state index contributed by atoms with van der Waals surface area (Å²) in [5.41, 5.74) is 9.82. The van der Waals surface area contributed by atoms with E-state index in [4.69, 9.17) is 5.73 Å². The lowest BCUT2D eigenvalue weighted by atomic mass is 10.2. The molecule has 1 heterocycles. The second kappa shape index (κ2) is 4.35. The van der Waals surface area contributed by atoms with Gasteiger partial charge in [0.25, 0.3) is 0 Å². The van der Waals surface area contributed by atoms with Gasteiger partial charge in [-0.25, -0.2) is 9.37 Å². The number of halogens is 2. The Kier molecular flexibility index (Phi) is 2.78. The van der Waals surface area contributed by atoms with Crippen LogP contribution >= 0.6 is 15.9 Å². The highest BCUT2D eigenvalue weighted by Gasteiger charge is 2.10. The van der Waals surface area contributed by atoms with Gasteiger partial charge in [0.05, 0.1) is 21.2 Å². The molecule has 2 N–H and O–H groups in total. The Hall–Kier alpha value is -1.88. The van der Waals surface area contributed by atoms with Gasteiger partial charge in [0, 0.05) is 5.69 Å². The Morgan fingerprint density at radius 2 is 2.05 bits per heavy atom. The summed E-state index contributed by atoms with van der Waals surface area (Å²) in [6, 6.07) is 8.75. The number of rotatable bonds is 1. The molecule has 96 valence electrons. The molecule has 3 aromatic rings. The number of imidazole rings is 1. The van der Waals surface area contributed by atoms with Crippen molar-refractivity contribution in [2.75, 3.05) is 5.73 Å². The second-order valence-electron chi connectivity index (χ2n) is 4.42. The van der Waals surface area contributed by atoms with Gasteiger partial charge >= 0.3 is 0 Å². The van der Waals surface area contributed by atoms with Crippen molar-refractivity contribution in [3.63, 3.8) is 0 Å². The molecule has 5 heteroatoms. The minimum absolute atomic E-state index is 0.294. The molecule has 19 heavy (non-hydrogen) atoms. The van der Waals surface area contributed by atoms with Crippen molar-refractivity contribution in [1.29, 1.82) is 0 Å². The zero-order chi connectivity index (χ0) is 13.6. The quantitative estimate of drug-likeness (QED) is 0.693. The van der Waals surface area contributed by atoms with Gasteiger partial charge in [0.1, 0.15) is 12.1 Å². The zero-order valence-electron chi connectivity index (χ0n) is 10.2. The lowest BCUT2D eigenvalue weighted by Gasteiger charge is -2.09. The third-order valence-corrected chi connectivity index (χ3v) is 3.68. The van der Waals surface area contributed by atoms with Crippen molar-refractivity contribution < 1.29 is 4.39 Å². The fourth-order valence-electron chi connectivity index (χ4n) is 2.12. The van der Waals surface area contributed by atoms with Crippen molar-refractivity contribution >= 4 is 32.7 Å². The number of nitrogen functional groups attached to an aromatic ring is 1. The summed E-state index contributed by atoms with van der Waals surface area (Å²) in [5, 5.41) is 0. The molecule has 0 atom stereocenters. The van der Waals surface area contributed by atoms with Crippen LogP contribution in [0.25, 0.3) is 16.7 Å². The molecule has 0 saturated heterocycles. The molecule has 0 saturated carbocycles. The van der Waals surface area contributed by atoms with Gasteiger partial charge in [0.15, 0.2) is 0 Å². The summed E-state index contributed by atoms with van der Waals surface area (Å²) < 4.78 is 16.0. The number of hydrogen-bond acceptors (Lipinski definition) is 2. The number of anilines is 1. The number of nitrogens with two attached hydrogens (primary N) is 1. The number of fused-ring (bicyclic) bond motifs is 1. The summed E-state index contributed by atoms with van der Waals surface area (Å²) in [5.74, 6) is -0.294. The molecule has 3 rings (SSSR count). The van der Waals surface area contributed by atoms with Gasteiger partial charge in [-0.3, -0.25) is 4.57 Å². The Labute approximate surface area is 118 Å². The zero-order valence-corrected chi connectivity index (χ0v) is 11.8. The number of aromatic nitrogens is 2. The number of nitrogens with zero attached hydrogens (tertiary/aromatic N) is 2. The van der Waals surface area contributed by atoms with Crippen LogP contribution in [-0.4, -0.2) is 9.55 Å². The third kappa shape index (κ3) is 2.00. The third-order valence-electron chi connectivity index (χ3n) is 3.07. The Morgan fingerprint density at radius 3 is 2.84 bits per heavy atom. The SMILES string of the molecule is Cc1cc(Br)c(F)cc1-n1cnc2cc(N)ccc21. The highest BCUT2D eigenvalue weighted by Crippen LogP contribution is 2.26. The molecule has 0 unspecified atom stereocenters. The largest absolute Gasteiger partial charge is 0.399 e. The summed E-state index contributed by atoms with van der Waals surface area (Å²) in [6.07, 6.45) is 1.68. The Bertz CT molecular complexity index is 780. The summed E-state index contributed by atoms with van der Waals surface area (Å²) >= 11 is 3.19. The smallest absolute Gasteiger partial charge is 0.139 e. The van der Waals surface area contributed by atoms with Crippen LogP contribution < -0.4 is 5.73 Å². The predicted molar refractivity (Wildman–Crippen MR) is 77.9 cm³/mol. The molecule has 2 aromatic carbocycles. The molecule has 0 aliphatic heterocycles. The lowest BCUT2D eigenvalue weighted by molar-refractivity contribution is 0.619. The molecular formula is C14H11BrFN3. The van der Waals surface area contributed by atoms with Crippen molar-refractivity contribution in [2.24, 2.45) is 0 Å². The first-order chi connectivity index (χ1) is 9.06. The molecule has 0 radical (unpaired) electrons. The second-order valence-corrected chi connectivity index (χ2v) is 5.27. The topological polar surface area (TPSA) is 43.8 Å². The highest BCUT2D eigenvalue weighted by molar-refractivity contribution is 9.10. The van der Waals surface area contributed by atoms with E-state index in [0.717, 1.165) is 22.3 Å². The lowest BCUT2D eigenvalue weighted by Crippen LogP contribution is -1.97. The average molecular weight is 320 g/mol. The van der Waals surface area contributed by atoms with E-state index in [0.29, 0.717) is 10.2 Å². The Balaban J connectivity index is 2.28. The van der Waals surface area contributed by atoms with Gasteiger partial charge in [-0.15, -0.1) is 0 Å². The maximum Gasteiger partial charge on any atom is 0.139 e. The fraction of sp³-hybridized carbons (Fsp3) is 0.0714. The van der Waals surface area contributed by atoms with E-state index in [2.05, 4.69) is 20.9 Å². The molecule has 0 fully saturated rings. The molecule has 1 aromatic heterocycles. The van der Waals surface area contributed by atoms with E-state index in [1.54, 1.807) is 18.5 Å². The van der Waals surface area contributed by atoms with Crippen molar-refractivity contribution in [2.45, 2.75) is 6.92 Å². The van der Waals surface area contributed by atoms with Crippen molar-refractivity contribution in [3.8, 4) is 5.69 Å². The fourth-order valence-corrected chi connectivity index (χ4v) is 2.57. The molecule has 0 aliphatic carbocycles. The standard InChI is InChI=1S/C14H11BrFN3/c1-8-4-10(15)11(16)6-14(8)19-7-18-12-5-9(17)2-3-13(12)19/h2-7H,17H2,1H3. The van der Waals surface area contributed by atoms with Gasteiger partial charge in [-0.2, -0.15) is 0 Å². The normalized spacial score (nSPS) is 11.1. The first-order valence-corrected chi connectivity index (χ1v) is 6.54. The van der Waals surface area contributed by atoms with Crippen LogP contribution in [0.4, 0.5) is 10.1 Å². The number of hydrogen-bond donors (Lipinski definition) is 1. The molecule has 3 nitrogen and oxygen atoms in total. The van der Waals surface area contributed by atoms with Crippen LogP contribution in [0.5, 0.6) is 0 Å². The predicted octanol–water partition coefficient (Wildman–Crippen LogP) is 3.82. The first kappa shape index (κ1) is 12.2. The van der Waals surface area contributed by atoms with Crippen LogP contribution in [0.2, 0.25) is 0 Å². The van der Waals surface area contributed by atoms with Crippen LogP contribution in [0.15, 0.2) is 41.1 Å². The minimum atomic E-state index is -0.294. The number of benzene rings is 2. The van der Waals surface area contributed by atoms with Crippen LogP contribution in [-0.2, 0) is 0 Å². The van der Waals surface area contributed by atoms with E-state index >= 15 is 0 Å². The van der Waals surface area contributed by atoms with E-state index in [9.17, 15) is 4.39 Å². The highest BCUT2D eigenvalue weighted by atomic mass is 79.9. The molecule has 0 aliphatic rings. The van der Waals surface area contributed by atoms with Crippen LogP contribution in [0.1, 0.15) is 5.56 Å². The molecule has 0 bridgehead atoms. The number of aryl methyl sites for hydroxylation is 1. The van der Waals surface area contributed by atoms with E-state index in [1.807, 2.05) is 23.6 Å². The molecular weight excluding hydrogens is 309 g/mol. The van der Waals surface area contributed by atoms with E-state index in [-0.39, 0.29) is 5.82 Å².